The molecule has 1 aromatic carbocycles. The van der Waals surface area contributed by atoms with Gasteiger partial charge in [0.2, 0.25) is 0 Å². The highest BCUT2D eigenvalue weighted by Gasteiger charge is 2.16. The molecule has 110 valence electrons. The molecule has 0 radical (unpaired) electrons. The van der Waals surface area contributed by atoms with Gasteiger partial charge < -0.3 is 15.4 Å². The number of nitrogens with zero attached hydrogens (tertiary/aromatic N) is 1. The Balaban J connectivity index is 3.07. The molecule has 0 aliphatic carbocycles. The molecule has 0 atom stereocenters. The highest BCUT2D eigenvalue weighted by atomic mass is 79.9. The monoisotopic (exact) mass is 358 g/mol. The van der Waals surface area contributed by atoms with Crippen molar-refractivity contribution in [2.45, 2.75) is 20.3 Å². The molecule has 0 fully saturated rings. The van der Waals surface area contributed by atoms with Crippen molar-refractivity contribution in [1.29, 1.82) is 0 Å². The quantitative estimate of drug-likeness (QED) is 0.599. The van der Waals surface area contributed by atoms with Gasteiger partial charge in [0.1, 0.15) is 11.5 Å². The van der Waals surface area contributed by atoms with Gasteiger partial charge in [0.05, 0.1) is 6.61 Å². The van der Waals surface area contributed by atoms with Gasteiger partial charge in [0, 0.05) is 22.3 Å². The zero-order chi connectivity index (χ0) is 15.1. The van der Waals surface area contributed by atoms with E-state index in [2.05, 4.69) is 22.9 Å². The maximum atomic E-state index is 11.7. The van der Waals surface area contributed by atoms with Gasteiger partial charge in [0.15, 0.2) is 0 Å². The van der Waals surface area contributed by atoms with E-state index in [4.69, 9.17) is 22.7 Å². The molecule has 0 heterocycles. The fraction of sp³-hybridized carbons (Fsp3) is 0.429. The highest BCUT2D eigenvalue weighted by Crippen LogP contribution is 2.25. The van der Waals surface area contributed by atoms with Gasteiger partial charge in [-0.05, 0) is 31.5 Å². The predicted molar refractivity (Wildman–Crippen MR) is 89.2 cm³/mol. The van der Waals surface area contributed by atoms with Crippen molar-refractivity contribution in [1.82, 2.24) is 0 Å². The van der Waals surface area contributed by atoms with Crippen LogP contribution in [0.25, 0.3) is 0 Å². The van der Waals surface area contributed by atoms with E-state index in [0.29, 0.717) is 11.6 Å². The molecule has 0 aliphatic rings. The van der Waals surface area contributed by atoms with Crippen LogP contribution in [0.2, 0.25) is 0 Å². The number of anilines is 1. The Bertz CT molecular complexity index is 494. The molecular weight excluding hydrogens is 340 g/mol. The Hall–Kier alpha value is -1.14. The average molecular weight is 359 g/mol. The van der Waals surface area contributed by atoms with Gasteiger partial charge in [-0.15, -0.1) is 0 Å². The number of hydrogen-bond acceptors (Lipinski definition) is 4. The first-order valence-corrected chi connectivity index (χ1v) is 7.69. The Labute approximate surface area is 133 Å². The standard InChI is InChI=1S/C14H19BrN2O2S/c1-3-7-17(9-13(18)19-4-2)12-6-5-10(15)8-11(12)14(16)20/h5-6,8H,3-4,7,9H2,1-2H3,(H2,16,20). The van der Waals surface area contributed by atoms with Crippen LogP contribution in [0.5, 0.6) is 0 Å². The first-order chi connectivity index (χ1) is 9.49. The topological polar surface area (TPSA) is 55.6 Å². The summed E-state index contributed by atoms with van der Waals surface area (Å²) in [7, 11) is 0. The first kappa shape index (κ1) is 16.9. The van der Waals surface area contributed by atoms with Gasteiger partial charge in [-0.2, -0.15) is 0 Å². The predicted octanol–water partition coefficient (Wildman–Crippen LogP) is 2.86. The average Bonchev–Trinajstić information content (AvgIpc) is 2.38. The summed E-state index contributed by atoms with van der Waals surface area (Å²) in [5.74, 6) is -0.252. The SMILES string of the molecule is CCCN(CC(=O)OCC)c1ccc(Br)cc1C(N)=S. The second-order valence-electron chi connectivity index (χ2n) is 4.25. The van der Waals surface area contributed by atoms with Crippen LogP contribution in [0.4, 0.5) is 5.69 Å². The molecule has 0 aromatic heterocycles. The lowest BCUT2D eigenvalue weighted by Gasteiger charge is -2.25. The zero-order valence-electron chi connectivity index (χ0n) is 11.7. The van der Waals surface area contributed by atoms with Crippen LogP contribution in [-0.2, 0) is 9.53 Å². The molecule has 0 unspecified atom stereocenters. The summed E-state index contributed by atoms with van der Waals surface area (Å²) in [5.41, 5.74) is 7.39. The van der Waals surface area contributed by atoms with Gasteiger partial charge in [-0.1, -0.05) is 35.1 Å². The number of halogens is 1. The number of benzene rings is 1. The maximum Gasteiger partial charge on any atom is 0.325 e. The molecule has 0 saturated carbocycles. The van der Waals surface area contributed by atoms with Gasteiger partial charge in [-0.3, -0.25) is 4.79 Å². The summed E-state index contributed by atoms with van der Waals surface area (Å²) < 4.78 is 5.91. The Morgan fingerprint density at radius 3 is 2.70 bits per heavy atom. The van der Waals surface area contributed by atoms with E-state index in [-0.39, 0.29) is 12.5 Å². The number of hydrogen-bond donors (Lipinski definition) is 1. The molecule has 0 saturated heterocycles. The van der Waals surface area contributed by atoms with Crippen LogP contribution in [-0.4, -0.2) is 30.7 Å². The van der Waals surface area contributed by atoms with E-state index >= 15 is 0 Å². The van der Waals surface area contributed by atoms with Crippen LogP contribution in [0, 0.1) is 0 Å². The maximum absolute atomic E-state index is 11.7. The minimum atomic E-state index is -0.252. The summed E-state index contributed by atoms with van der Waals surface area (Å²) in [6.45, 7) is 5.15. The number of thiocarbonyl (C=S) groups is 1. The number of rotatable bonds is 7. The van der Waals surface area contributed by atoms with Crippen LogP contribution in [0.1, 0.15) is 25.8 Å². The Kier molecular flexibility index (Phi) is 6.95. The molecule has 0 aliphatic heterocycles. The molecule has 1 rings (SSSR count). The Morgan fingerprint density at radius 1 is 1.45 bits per heavy atom. The molecular formula is C14H19BrN2O2S. The number of nitrogens with two attached hydrogens (primary N) is 1. The first-order valence-electron chi connectivity index (χ1n) is 6.49. The van der Waals surface area contributed by atoms with E-state index in [1.54, 1.807) is 6.92 Å². The number of carbonyl (C=O) groups is 1. The van der Waals surface area contributed by atoms with E-state index in [0.717, 1.165) is 28.7 Å². The van der Waals surface area contributed by atoms with Gasteiger partial charge in [-0.25, -0.2) is 0 Å². The lowest BCUT2D eigenvalue weighted by atomic mass is 10.1. The largest absolute Gasteiger partial charge is 0.465 e. The van der Waals surface area contributed by atoms with Gasteiger partial charge in [0.25, 0.3) is 0 Å². The molecule has 20 heavy (non-hydrogen) atoms. The zero-order valence-corrected chi connectivity index (χ0v) is 14.1. The van der Waals surface area contributed by atoms with E-state index in [9.17, 15) is 4.79 Å². The number of carbonyl (C=O) groups excluding carboxylic acids is 1. The second-order valence-corrected chi connectivity index (χ2v) is 5.61. The molecule has 2 N–H and O–H groups in total. The van der Waals surface area contributed by atoms with E-state index < -0.39 is 0 Å². The minimum absolute atomic E-state index is 0.193. The Morgan fingerprint density at radius 2 is 2.15 bits per heavy atom. The van der Waals surface area contributed by atoms with Crippen molar-refractivity contribution < 1.29 is 9.53 Å². The summed E-state index contributed by atoms with van der Waals surface area (Å²) >= 11 is 8.49. The van der Waals surface area contributed by atoms with Crippen molar-refractivity contribution in [2.75, 3.05) is 24.6 Å². The van der Waals surface area contributed by atoms with Crippen LogP contribution < -0.4 is 10.6 Å². The summed E-state index contributed by atoms with van der Waals surface area (Å²) in [4.78, 5) is 14.0. The minimum Gasteiger partial charge on any atom is -0.465 e. The summed E-state index contributed by atoms with van der Waals surface area (Å²) in [5, 5.41) is 0. The van der Waals surface area contributed by atoms with Crippen molar-refractivity contribution in [2.24, 2.45) is 5.73 Å². The van der Waals surface area contributed by atoms with Crippen molar-refractivity contribution in [3.8, 4) is 0 Å². The molecule has 6 heteroatoms. The normalized spacial score (nSPS) is 10.2. The number of esters is 1. The number of ether oxygens (including phenoxy) is 1. The van der Waals surface area contributed by atoms with Crippen molar-refractivity contribution >= 4 is 44.8 Å². The fourth-order valence-electron chi connectivity index (χ4n) is 1.90. The molecule has 4 nitrogen and oxygen atoms in total. The van der Waals surface area contributed by atoms with Crippen molar-refractivity contribution in [3.05, 3.63) is 28.2 Å². The van der Waals surface area contributed by atoms with Gasteiger partial charge >= 0.3 is 5.97 Å². The molecule has 0 bridgehead atoms. The van der Waals surface area contributed by atoms with Crippen LogP contribution in [0.15, 0.2) is 22.7 Å². The summed E-state index contributed by atoms with van der Waals surface area (Å²) in [6, 6.07) is 5.68. The molecule has 0 amide bonds. The fourth-order valence-corrected chi connectivity index (χ4v) is 2.42. The van der Waals surface area contributed by atoms with E-state index in [1.807, 2.05) is 23.1 Å². The van der Waals surface area contributed by atoms with Crippen LogP contribution >= 0.6 is 28.1 Å². The van der Waals surface area contributed by atoms with E-state index in [1.165, 1.54) is 0 Å². The smallest absolute Gasteiger partial charge is 0.325 e. The highest BCUT2D eigenvalue weighted by molar-refractivity contribution is 9.10. The lowest BCUT2D eigenvalue weighted by Crippen LogP contribution is -2.33. The van der Waals surface area contributed by atoms with Crippen LogP contribution in [0.3, 0.4) is 0 Å². The summed E-state index contributed by atoms with van der Waals surface area (Å²) in [6.07, 6.45) is 0.909. The lowest BCUT2D eigenvalue weighted by molar-refractivity contribution is -0.141. The van der Waals surface area contributed by atoms with Crippen molar-refractivity contribution in [3.63, 3.8) is 0 Å². The third kappa shape index (κ3) is 4.76. The third-order valence-electron chi connectivity index (χ3n) is 2.68. The molecule has 0 spiro atoms. The second kappa shape index (κ2) is 8.21. The third-order valence-corrected chi connectivity index (χ3v) is 3.40. The molecule has 1 aromatic rings.